The number of benzene rings is 1. The molecule has 1 aromatic carbocycles. The summed E-state index contributed by atoms with van der Waals surface area (Å²) in [5.41, 5.74) is 2.09. The van der Waals surface area contributed by atoms with Crippen LogP contribution in [0.2, 0.25) is 0 Å². The highest BCUT2D eigenvalue weighted by Gasteiger charge is 2.28. The number of para-hydroxylation sites is 1. The zero-order chi connectivity index (χ0) is 17.6. The zero-order valence-corrected chi connectivity index (χ0v) is 16.4. The van der Waals surface area contributed by atoms with Crippen LogP contribution in [-0.4, -0.2) is 49.9 Å². The second kappa shape index (κ2) is 9.93. The fraction of sp³-hybridized carbons (Fsp3) is 0.600. The SMILES string of the molecule is CNCCC1CCN(C(=O)CN2C(=O)CCCc3ccccc32)CC1.Cl. The van der Waals surface area contributed by atoms with Crippen LogP contribution in [0.1, 0.15) is 37.7 Å². The van der Waals surface area contributed by atoms with Crippen molar-refractivity contribution in [2.45, 2.75) is 38.5 Å². The average molecular weight is 380 g/mol. The van der Waals surface area contributed by atoms with Gasteiger partial charge in [-0.1, -0.05) is 18.2 Å². The second-order valence-corrected chi connectivity index (χ2v) is 7.18. The normalized spacial score (nSPS) is 18.1. The van der Waals surface area contributed by atoms with Gasteiger partial charge in [0.25, 0.3) is 0 Å². The van der Waals surface area contributed by atoms with Crippen molar-refractivity contribution in [1.82, 2.24) is 10.2 Å². The first kappa shape index (κ1) is 20.7. The number of carbonyl (C=O) groups is 2. The molecule has 5 nitrogen and oxygen atoms in total. The Morgan fingerprint density at radius 2 is 1.92 bits per heavy atom. The topological polar surface area (TPSA) is 52.7 Å². The van der Waals surface area contributed by atoms with Crippen molar-refractivity contribution in [1.29, 1.82) is 0 Å². The van der Waals surface area contributed by atoms with Crippen molar-refractivity contribution >= 4 is 29.9 Å². The number of halogens is 1. The molecule has 0 spiro atoms. The molecule has 0 unspecified atom stereocenters. The third-order valence-corrected chi connectivity index (χ3v) is 5.48. The van der Waals surface area contributed by atoms with Gasteiger partial charge in [-0.05, 0) is 63.2 Å². The fourth-order valence-electron chi connectivity index (χ4n) is 3.91. The summed E-state index contributed by atoms with van der Waals surface area (Å²) in [6.07, 6.45) is 5.60. The highest BCUT2D eigenvalue weighted by Crippen LogP contribution is 2.27. The summed E-state index contributed by atoms with van der Waals surface area (Å²) in [6.45, 7) is 2.85. The molecule has 3 rings (SSSR count). The first-order valence-electron chi connectivity index (χ1n) is 9.49. The smallest absolute Gasteiger partial charge is 0.242 e. The minimum Gasteiger partial charge on any atom is -0.341 e. The van der Waals surface area contributed by atoms with Gasteiger partial charge in [-0.2, -0.15) is 0 Å². The molecular formula is C20H30ClN3O2. The van der Waals surface area contributed by atoms with E-state index in [9.17, 15) is 9.59 Å². The molecule has 0 aromatic heterocycles. The van der Waals surface area contributed by atoms with E-state index in [0.717, 1.165) is 51.0 Å². The van der Waals surface area contributed by atoms with Crippen LogP contribution in [0.25, 0.3) is 0 Å². The van der Waals surface area contributed by atoms with Gasteiger partial charge < -0.3 is 15.1 Å². The molecule has 1 saturated heterocycles. The van der Waals surface area contributed by atoms with Crippen LogP contribution in [0.5, 0.6) is 0 Å². The fourth-order valence-corrected chi connectivity index (χ4v) is 3.91. The number of piperidine rings is 1. The van der Waals surface area contributed by atoms with Crippen LogP contribution in [0, 0.1) is 5.92 Å². The van der Waals surface area contributed by atoms with Gasteiger partial charge in [-0.25, -0.2) is 0 Å². The number of amides is 2. The summed E-state index contributed by atoms with van der Waals surface area (Å²) in [5, 5.41) is 3.20. The molecule has 6 heteroatoms. The lowest BCUT2D eigenvalue weighted by molar-refractivity contribution is -0.132. The van der Waals surface area contributed by atoms with Gasteiger partial charge in [0.05, 0.1) is 0 Å². The molecule has 0 bridgehead atoms. The largest absolute Gasteiger partial charge is 0.341 e. The van der Waals surface area contributed by atoms with Gasteiger partial charge in [0.2, 0.25) is 11.8 Å². The molecule has 26 heavy (non-hydrogen) atoms. The maximum atomic E-state index is 12.8. The Hall–Kier alpha value is -1.59. The third kappa shape index (κ3) is 4.98. The monoisotopic (exact) mass is 379 g/mol. The number of carbonyl (C=O) groups excluding carboxylic acids is 2. The van der Waals surface area contributed by atoms with E-state index in [1.807, 2.05) is 30.1 Å². The number of fused-ring (bicyclic) bond motifs is 1. The van der Waals surface area contributed by atoms with Crippen molar-refractivity contribution in [3.8, 4) is 0 Å². The first-order chi connectivity index (χ1) is 12.2. The van der Waals surface area contributed by atoms with Crippen molar-refractivity contribution < 1.29 is 9.59 Å². The molecule has 1 N–H and O–H groups in total. The molecule has 0 aliphatic carbocycles. The van der Waals surface area contributed by atoms with E-state index in [0.29, 0.717) is 12.3 Å². The Labute approximate surface area is 162 Å². The van der Waals surface area contributed by atoms with Gasteiger partial charge in [-0.15, -0.1) is 12.4 Å². The standard InChI is InChI=1S/C20H29N3O2.ClH/c1-21-12-9-16-10-13-22(14-11-16)20(25)15-23-18-7-3-2-5-17(18)6-4-8-19(23)24;/h2-3,5,7,16,21H,4,6,8-15H2,1H3;1H. The maximum absolute atomic E-state index is 12.8. The lowest BCUT2D eigenvalue weighted by Gasteiger charge is -2.33. The highest BCUT2D eigenvalue weighted by atomic mass is 35.5. The lowest BCUT2D eigenvalue weighted by Crippen LogP contribution is -2.46. The molecule has 0 saturated carbocycles. The number of aryl methyl sites for hydroxylation is 1. The zero-order valence-electron chi connectivity index (χ0n) is 15.6. The van der Waals surface area contributed by atoms with Gasteiger partial charge in [0, 0.05) is 25.2 Å². The number of likely N-dealkylation sites (tertiary alicyclic amines) is 1. The van der Waals surface area contributed by atoms with Crippen LogP contribution in [0.15, 0.2) is 24.3 Å². The molecule has 2 heterocycles. The maximum Gasteiger partial charge on any atom is 0.242 e. The van der Waals surface area contributed by atoms with Crippen LogP contribution in [0.3, 0.4) is 0 Å². The van der Waals surface area contributed by atoms with E-state index in [2.05, 4.69) is 11.4 Å². The quantitative estimate of drug-likeness (QED) is 0.855. The minimum absolute atomic E-state index is 0. The summed E-state index contributed by atoms with van der Waals surface area (Å²) in [4.78, 5) is 28.9. The summed E-state index contributed by atoms with van der Waals surface area (Å²) < 4.78 is 0. The second-order valence-electron chi connectivity index (χ2n) is 7.18. The number of hydrogen-bond acceptors (Lipinski definition) is 3. The Bertz CT molecular complexity index is 615. The predicted molar refractivity (Wildman–Crippen MR) is 107 cm³/mol. The number of nitrogens with one attached hydrogen (secondary N) is 1. The first-order valence-corrected chi connectivity index (χ1v) is 9.49. The summed E-state index contributed by atoms with van der Waals surface area (Å²) in [7, 11) is 1.98. The minimum atomic E-state index is 0. The van der Waals surface area contributed by atoms with E-state index in [-0.39, 0.29) is 30.8 Å². The molecule has 2 aliphatic heterocycles. The van der Waals surface area contributed by atoms with Crippen LogP contribution < -0.4 is 10.2 Å². The predicted octanol–water partition coefficient (Wildman–Crippen LogP) is 2.63. The number of rotatable bonds is 5. The number of hydrogen-bond donors (Lipinski definition) is 1. The van der Waals surface area contributed by atoms with E-state index < -0.39 is 0 Å². The Morgan fingerprint density at radius 1 is 1.19 bits per heavy atom. The van der Waals surface area contributed by atoms with Crippen molar-refractivity contribution in [3.05, 3.63) is 29.8 Å². The van der Waals surface area contributed by atoms with Gasteiger partial charge in [0.15, 0.2) is 0 Å². The van der Waals surface area contributed by atoms with Crippen molar-refractivity contribution in [2.75, 3.05) is 38.1 Å². The lowest BCUT2D eigenvalue weighted by atomic mass is 9.93. The molecule has 0 atom stereocenters. The highest BCUT2D eigenvalue weighted by molar-refractivity contribution is 5.99. The molecule has 0 radical (unpaired) electrons. The van der Waals surface area contributed by atoms with Gasteiger partial charge in [-0.3, -0.25) is 9.59 Å². The van der Waals surface area contributed by atoms with Gasteiger partial charge in [0.1, 0.15) is 6.54 Å². The van der Waals surface area contributed by atoms with E-state index in [1.54, 1.807) is 4.90 Å². The number of anilines is 1. The van der Waals surface area contributed by atoms with Crippen molar-refractivity contribution in [3.63, 3.8) is 0 Å². The molecule has 144 valence electrons. The van der Waals surface area contributed by atoms with Crippen molar-refractivity contribution in [2.24, 2.45) is 5.92 Å². The van der Waals surface area contributed by atoms with E-state index >= 15 is 0 Å². The van der Waals surface area contributed by atoms with E-state index in [4.69, 9.17) is 0 Å². The Balaban J connectivity index is 0.00000243. The summed E-state index contributed by atoms with van der Waals surface area (Å²) in [6, 6.07) is 7.99. The van der Waals surface area contributed by atoms with Crippen LogP contribution in [0.4, 0.5) is 5.69 Å². The molecule has 1 fully saturated rings. The summed E-state index contributed by atoms with van der Waals surface area (Å²) >= 11 is 0. The third-order valence-electron chi connectivity index (χ3n) is 5.48. The Kier molecular flexibility index (Phi) is 7.91. The van der Waals surface area contributed by atoms with Crippen LogP contribution >= 0.6 is 12.4 Å². The molecule has 1 aromatic rings. The average Bonchev–Trinajstić information content (AvgIpc) is 2.79. The van der Waals surface area contributed by atoms with Crippen LogP contribution in [-0.2, 0) is 16.0 Å². The number of nitrogens with zero attached hydrogens (tertiary/aromatic N) is 2. The van der Waals surface area contributed by atoms with Gasteiger partial charge >= 0.3 is 0 Å². The molecule has 2 aliphatic rings. The summed E-state index contributed by atoms with van der Waals surface area (Å²) in [5.74, 6) is 0.858. The van der Waals surface area contributed by atoms with E-state index in [1.165, 1.54) is 12.0 Å². The Morgan fingerprint density at radius 3 is 2.65 bits per heavy atom. The molecule has 2 amide bonds. The molecular weight excluding hydrogens is 350 g/mol.